The van der Waals surface area contributed by atoms with E-state index in [9.17, 15) is 4.39 Å². The first-order valence-electron chi connectivity index (χ1n) is 4.88. The molecule has 0 bridgehead atoms. The summed E-state index contributed by atoms with van der Waals surface area (Å²) in [7, 11) is 0. The van der Waals surface area contributed by atoms with Crippen molar-refractivity contribution in [3.05, 3.63) is 35.6 Å². The SMILES string of the molecule is Fc1ccccc1CSCC1CNC1. The van der Waals surface area contributed by atoms with Gasteiger partial charge in [0.2, 0.25) is 0 Å². The second-order valence-corrected chi connectivity index (χ2v) is 4.66. The van der Waals surface area contributed by atoms with Gasteiger partial charge in [-0.2, -0.15) is 11.8 Å². The molecule has 0 atom stereocenters. The Morgan fingerprint density at radius 1 is 1.36 bits per heavy atom. The molecule has 76 valence electrons. The summed E-state index contributed by atoms with van der Waals surface area (Å²) in [5.41, 5.74) is 0.824. The van der Waals surface area contributed by atoms with Gasteiger partial charge in [0.25, 0.3) is 0 Å². The van der Waals surface area contributed by atoms with Crippen molar-refractivity contribution in [3.8, 4) is 0 Å². The summed E-state index contributed by atoms with van der Waals surface area (Å²) < 4.78 is 13.2. The quantitative estimate of drug-likeness (QED) is 0.820. The summed E-state index contributed by atoms with van der Waals surface area (Å²) in [5, 5.41) is 3.23. The number of hydrogen-bond acceptors (Lipinski definition) is 2. The van der Waals surface area contributed by atoms with E-state index < -0.39 is 0 Å². The third-order valence-corrected chi connectivity index (χ3v) is 3.66. The molecule has 1 aromatic rings. The Balaban J connectivity index is 1.76. The molecule has 1 aromatic carbocycles. The van der Waals surface area contributed by atoms with Gasteiger partial charge in [0, 0.05) is 5.75 Å². The zero-order valence-electron chi connectivity index (χ0n) is 8.00. The van der Waals surface area contributed by atoms with Crippen molar-refractivity contribution in [3.63, 3.8) is 0 Å². The number of hydrogen-bond donors (Lipinski definition) is 1. The van der Waals surface area contributed by atoms with Gasteiger partial charge in [-0.15, -0.1) is 0 Å². The van der Waals surface area contributed by atoms with Crippen LogP contribution in [0.4, 0.5) is 4.39 Å². The van der Waals surface area contributed by atoms with Crippen LogP contribution < -0.4 is 5.32 Å². The van der Waals surface area contributed by atoms with Crippen LogP contribution in [-0.2, 0) is 5.75 Å². The van der Waals surface area contributed by atoms with Crippen molar-refractivity contribution in [1.82, 2.24) is 5.32 Å². The Morgan fingerprint density at radius 3 is 2.79 bits per heavy atom. The van der Waals surface area contributed by atoms with Crippen LogP contribution in [0.2, 0.25) is 0 Å². The first-order chi connectivity index (χ1) is 6.86. The lowest BCUT2D eigenvalue weighted by atomic mass is 10.1. The molecule has 1 N–H and O–H groups in total. The minimum atomic E-state index is -0.0771. The third-order valence-electron chi connectivity index (χ3n) is 2.43. The van der Waals surface area contributed by atoms with Crippen LogP contribution in [0.1, 0.15) is 5.56 Å². The third kappa shape index (κ3) is 2.49. The highest BCUT2D eigenvalue weighted by atomic mass is 32.2. The van der Waals surface area contributed by atoms with E-state index >= 15 is 0 Å². The monoisotopic (exact) mass is 211 g/mol. The topological polar surface area (TPSA) is 12.0 Å². The smallest absolute Gasteiger partial charge is 0.127 e. The summed E-state index contributed by atoms with van der Waals surface area (Å²) in [4.78, 5) is 0. The Hall–Kier alpha value is -0.540. The maximum absolute atomic E-state index is 13.2. The van der Waals surface area contributed by atoms with Crippen molar-refractivity contribution in [2.45, 2.75) is 5.75 Å². The standard InChI is InChI=1S/C11H14FNS/c12-11-4-2-1-3-10(11)8-14-7-9-5-13-6-9/h1-4,9,13H,5-8H2. The van der Waals surface area contributed by atoms with Gasteiger partial charge in [0.1, 0.15) is 5.82 Å². The normalized spacial score (nSPS) is 16.6. The zero-order valence-corrected chi connectivity index (χ0v) is 8.82. The van der Waals surface area contributed by atoms with Gasteiger partial charge >= 0.3 is 0 Å². The molecule has 14 heavy (non-hydrogen) atoms. The second-order valence-electron chi connectivity index (χ2n) is 3.63. The van der Waals surface area contributed by atoms with Gasteiger partial charge in [-0.1, -0.05) is 18.2 Å². The van der Waals surface area contributed by atoms with Gasteiger partial charge in [0.05, 0.1) is 0 Å². The molecular formula is C11H14FNS. The van der Waals surface area contributed by atoms with Crippen molar-refractivity contribution >= 4 is 11.8 Å². The molecule has 1 heterocycles. The molecule has 0 aliphatic carbocycles. The van der Waals surface area contributed by atoms with E-state index in [1.807, 2.05) is 23.9 Å². The van der Waals surface area contributed by atoms with Gasteiger partial charge < -0.3 is 5.32 Å². The predicted octanol–water partition coefficient (Wildman–Crippen LogP) is 2.28. The predicted molar refractivity (Wildman–Crippen MR) is 58.9 cm³/mol. The molecule has 1 fully saturated rings. The highest BCUT2D eigenvalue weighted by molar-refractivity contribution is 7.98. The lowest BCUT2D eigenvalue weighted by molar-refractivity contribution is 0.385. The molecule has 1 aliphatic heterocycles. The molecule has 0 radical (unpaired) electrons. The fourth-order valence-corrected chi connectivity index (χ4v) is 2.56. The van der Waals surface area contributed by atoms with Crippen LogP contribution in [0.3, 0.4) is 0 Å². The van der Waals surface area contributed by atoms with E-state index in [1.165, 1.54) is 6.07 Å². The van der Waals surface area contributed by atoms with Crippen molar-refractivity contribution < 1.29 is 4.39 Å². The number of thioether (sulfide) groups is 1. The van der Waals surface area contributed by atoms with Crippen LogP contribution in [0.15, 0.2) is 24.3 Å². The second kappa shape index (κ2) is 4.80. The molecule has 0 spiro atoms. The molecule has 1 saturated heterocycles. The van der Waals surface area contributed by atoms with Gasteiger partial charge in [-0.25, -0.2) is 4.39 Å². The summed E-state index contributed by atoms with van der Waals surface area (Å²) in [5.74, 6) is 2.66. The van der Waals surface area contributed by atoms with Crippen molar-refractivity contribution in [1.29, 1.82) is 0 Å². The molecule has 0 amide bonds. The first kappa shape index (κ1) is 9.99. The van der Waals surface area contributed by atoms with Gasteiger partial charge in [-0.3, -0.25) is 0 Å². The molecule has 0 aromatic heterocycles. The van der Waals surface area contributed by atoms with Crippen LogP contribution in [0.5, 0.6) is 0 Å². The first-order valence-corrected chi connectivity index (χ1v) is 6.03. The highest BCUT2D eigenvalue weighted by Gasteiger charge is 2.16. The number of rotatable bonds is 4. The van der Waals surface area contributed by atoms with E-state index in [2.05, 4.69) is 5.32 Å². The fraction of sp³-hybridized carbons (Fsp3) is 0.455. The number of halogens is 1. The summed E-state index contributed by atoms with van der Waals surface area (Å²) in [6.45, 7) is 2.26. The van der Waals surface area contributed by atoms with Gasteiger partial charge in [0.15, 0.2) is 0 Å². The van der Waals surface area contributed by atoms with E-state index in [0.29, 0.717) is 0 Å². The lowest BCUT2D eigenvalue weighted by Gasteiger charge is -2.26. The Labute approximate surface area is 88.1 Å². The molecule has 0 unspecified atom stereocenters. The molecule has 1 nitrogen and oxygen atoms in total. The molecular weight excluding hydrogens is 197 g/mol. The lowest BCUT2D eigenvalue weighted by Crippen LogP contribution is -2.43. The molecule has 0 saturated carbocycles. The van der Waals surface area contributed by atoms with Crippen molar-refractivity contribution in [2.75, 3.05) is 18.8 Å². The molecule has 1 aliphatic rings. The van der Waals surface area contributed by atoms with Crippen LogP contribution in [-0.4, -0.2) is 18.8 Å². The maximum atomic E-state index is 13.2. The largest absolute Gasteiger partial charge is 0.316 e. The van der Waals surface area contributed by atoms with Crippen LogP contribution >= 0.6 is 11.8 Å². The van der Waals surface area contributed by atoms with E-state index in [4.69, 9.17) is 0 Å². The number of benzene rings is 1. The average molecular weight is 211 g/mol. The van der Waals surface area contributed by atoms with Crippen LogP contribution in [0.25, 0.3) is 0 Å². The maximum Gasteiger partial charge on any atom is 0.127 e. The average Bonchev–Trinajstić information content (AvgIpc) is 2.12. The highest BCUT2D eigenvalue weighted by Crippen LogP contribution is 2.19. The Bertz CT molecular complexity index is 299. The Morgan fingerprint density at radius 2 is 2.14 bits per heavy atom. The van der Waals surface area contributed by atoms with Gasteiger partial charge in [-0.05, 0) is 36.4 Å². The minimum Gasteiger partial charge on any atom is -0.316 e. The van der Waals surface area contributed by atoms with E-state index in [-0.39, 0.29) is 5.82 Å². The minimum absolute atomic E-state index is 0.0771. The zero-order chi connectivity index (χ0) is 9.80. The fourth-order valence-electron chi connectivity index (χ4n) is 1.42. The van der Waals surface area contributed by atoms with Crippen molar-refractivity contribution in [2.24, 2.45) is 5.92 Å². The van der Waals surface area contributed by atoms with E-state index in [1.54, 1.807) is 6.07 Å². The van der Waals surface area contributed by atoms with Crippen LogP contribution in [0, 0.1) is 11.7 Å². The number of nitrogens with one attached hydrogen (secondary N) is 1. The summed E-state index contributed by atoms with van der Waals surface area (Å²) >= 11 is 1.82. The summed E-state index contributed by atoms with van der Waals surface area (Å²) in [6.07, 6.45) is 0. The van der Waals surface area contributed by atoms with E-state index in [0.717, 1.165) is 36.1 Å². The Kier molecular flexibility index (Phi) is 3.43. The molecule has 3 heteroatoms. The summed E-state index contributed by atoms with van der Waals surface area (Å²) in [6, 6.07) is 7.02. The molecule has 2 rings (SSSR count).